The summed E-state index contributed by atoms with van der Waals surface area (Å²) in [4.78, 5) is 4.33. The van der Waals surface area contributed by atoms with E-state index in [0.717, 1.165) is 18.8 Å². The van der Waals surface area contributed by atoms with Crippen LogP contribution in [0.3, 0.4) is 0 Å². The zero-order chi connectivity index (χ0) is 12.8. The Kier molecular flexibility index (Phi) is 4.06. The predicted molar refractivity (Wildman–Crippen MR) is 70.7 cm³/mol. The minimum Gasteiger partial charge on any atom is -0.307 e. The van der Waals surface area contributed by atoms with Crippen LogP contribution in [0.25, 0.3) is 0 Å². The zero-order valence-corrected chi connectivity index (χ0v) is 10.4. The highest BCUT2D eigenvalue weighted by molar-refractivity contribution is 5.31. The number of nitrogens with one attached hydrogen (secondary N) is 1. The Morgan fingerprint density at radius 3 is 2.61 bits per heavy atom. The molecule has 2 rings (SSSR count). The fraction of sp³-hybridized carbons (Fsp3) is 0.200. The van der Waals surface area contributed by atoms with E-state index in [2.05, 4.69) is 29.4 Å². The molecule has 1 N–H and O–H groups in total. The van der Waals surface area contributed by atoms with Gasteiger partial charge in [0.25, 0.3) is 0 Å². The summed E-state index contributed by atoms with van der Waals surface area (Å²) in [7, 11) is 0. The maximum atomic E-state index is 8.71. The molecule has 0 amide bonds. The second kappa shape index (κ2) is 5.95. The van der Waals surface area contributed by atoms with Crippen molar-refractivity contribution in [2.24, 2.45) is 0 Å². The van der Waals surface area contributed by atoms with Crippen molar-refractivity contribution in [3.8, 4) is 6.07 Å². The molecule has 0 unspecified atom stereocenters. The molecule has 18 heavy (non-hydrogen) atoms. The van der Waals surface area contributed by atoms with Crippen molar-refractivity contribution >= 4 is 0 Å². The highest BCUT2D eigenvalue weighted by atomic mass is 14.9. The molecule has 0 saturated heterocycles. The van der Waals surface area contributed by atoms with Gasteiger partial charge >= 0.3 is 0 Å². The summed E-state index contributed by atoms with van der Waals surface area (Å²) >= 11 is 0. The lowest BCUT2D eigenvalue weighted by Crippen LogP contribution is -2.14. The van der Waals surface area contributed by atoms with Crippen LogP contribution in [0, 0.1) is 18.3 Å². The molecule has 0 fully saturated rings. The van der Waals surface area contributed by atoms with Crippen LogP contribution in [-0.4, -0.2) is 4.98 Å². The van der Waals surface area contributed by atoms with Gasteiger partial charge in [0.1, 0.15) is 0 Å². The Morgan fingerprint density at radius 1 is 1.17 bits per heavy atom. The molecule has 0 atom stereocenters. The van der Waals surface area contributed by atoms with Crippen LogP contribution in [0.2, 0.25) is 0 Å². The van der Waals surface area contributed by atoms with Gasteiger partial charge in [-0.2, -0.15) is 5.26 Å². The highest BCUT2D eigenvalue weighted by Gasteiger charge is 1.98. The van der Waals surface area contributed by atoms with E-state index < -0.39 is 0 Å². The molecule has 1 aromatic carbocycles. The molecule has 0 saturated carbocycles. The van der Waals surface area contributed by atoms with E-state index in [9.17, 15) is 0 Å². The van der Waals surface area contributed by atoms with E-state index in [1.165, 1.54) is 11.1 Å². The average molecular weight is 237 g/mol. The monoisotopic (exact) mass is 237 g/mol. The van der Waals surface area contributed by atoms with Gasteiger partial charge < -0.3 is 5.32 Å². The van der Waals surface area contributed by atoms with E-state index in [0.29, 0.717) is 5.56 Å². The van der Waals surface area contributed by atoms with Crippen molar-refractivity contribution in [1.29, 1.82) is 5.26 Å². The number of pyridine rings is 1. The van der Waals surface area contributed by atoms with Gasteiger partial charge in [-0.3, -0.25) is 4.98 Å². The number of hydrogen-bond acceptors (Lipinski definition) is 3. The molecule has 1 heterocycles. The van der Waals surface area contributed by atoms with Gasteiger partial charge in [-0.15, -0.1) is 0 Å². The molecule has 0 aliphatic rings. The molecular weight excluding hydrogens is 222 g/mol. The van der Waals surface area contributed by atoms with E-state index in [4.69, 9.17) is 5.26 Å². The van der Waals surface area contributed by atoms with E-state index in [1.54, 1.807) is 0 Å². The summed E-state index contributed by atoms with van der Waals surface area (Å²) in [5.41, 5.74) is 4.14. The van der Waals surface area contributed by atoms with Crippen LogP contribution in [0.1, 0.15) is 22.4 Å². The number of nitrogens with zero attached hydrogens (tertiary/aromatic N) is 2. The summed E-state index contributed by atoms with van der Waals surface area (Å²) in [5.74, 6) is 0. The van der Waals surface area contributed by atoms with Crippen molar-refractivity contribution < 1.29 is 0 Å². The Labute approximate surface area is 107 Å². The summed E-state index contributed by atoms with van der Waals surface area (Å²) in [6.07, 6.45) is 1.81. The Bertz CT molecular complexity index is 553. The van der Waals surface area contributed by atoms with Gasteiger partial charge in [-0.1, -0.05) is 18.2 Å². The fourth-order valence-corrected chi connectivity index (χ4v) is 1.73. The maximum absolute atomic E-state index is 8.71. The van der Waals surface area contributed by atoms with Crippen LogP contribution in [0.5, 0.6) is 0 Å². The molecule has 90 valence electrons. The maximum Gasteiger partial charge on any atom is 0.0991 e. The molecule has 3 heteroatoms. The molecule has 0 aliphatic heterocycles. The quantitative estimate of drug-likeness (QED) is 0.889. The second-order valence-electron chi connectivity index (χ2n) is 4.18. The van der Waals surface area contributed by atoms with E-state index >= 15 is 0 Å². The molecule has 1 aromatic heterocycles. The Hall–Kier alpha value is -2.18. The lowest BCUT2D eigenvalue weighted by atomic mass is 10.1. The standard InChI is InChI=1S/C15H15N3/c1-12-3-2-8-18-15(12)11-17-10-14-6-4-13(9-16)5-7-14/h2-8,17H,10-11H2,1H3. The molecule has 0 bridgehead atoms. The van der Waals surface area contributed by atoms with Crippen LogP contribution >= 0.6 is 0 Å². The molecule has 0 aliphatic carbocycles. The topological polar surface area (TPSA) is 48.7 Å². The Morgan fingerprint density at radius 2 is 1.94 bits per heavy atom. The third-order valence-corrected chi connectivity index (χ3v) is 2.82. The lowest BCUT2D eigenvalue weighted by Gasteiger charge is -2.06. The first-order valence-corrected chi connectivity index (χ1v) is 5.90. The van der Waals surface area contributed by atoms with E-state index in [1.807, 2.05) is 36.5 Å². The first-order chi connectivity index (χ1) is 8.79. The predicted octanol–water partition coefficient (Wildman–Crippen LogP) is 2.55. The second-order valence-corrected chi connectivity index (χ2v) is 4.18. The van der Waals surface area contributed by atoms with Crippen molar-refractivity contribution in [2.75, 3.05) is 0 Å². The minimum absolute atomic E-state index is 0.694. The van der Waals surface area contributed by atoms with E-state index in [-0.39, 0.29) is 0 Å². The summed E-state index contributed by atoms with van der Waals surface area (Å²) in [5, 5.41) is 12.1. The van der Waals surface area contributed by atoms with Crippen molar-refractivity contribution in [3.05, 3.63) is 65.0 Å². The smallest absolute Gasteiger partial charge is 0.0991 e. The van der Waals surface area contributed by atoms with Gasteiger partial charge in [0, 0.05) is 19.3 Å². The number of hydrogen-bond donors (Lipinski definition) is 1. The normalized spacial score (nSPS) is 10.0. The third-order valence-electron chi connectivity index (χ3n) is 2.82. The zero-order valence-electron chi connectivity index (χ0n) is 10.4. The van der Waals surface area contributed by atoms with Crippen molar-refractivity contribution in [2.45, 2.75) is 20.0 Å². The average Bonchev–Trinajstić information content (AvgIpc) is 2.42. The molecule has 3 nitrogen and oxygen atoms in total. The SMILES string of the molecule is Cc1cccnc1CNCc1ccc(C#N)cc1. The lowest BCUT2D eigenvalue weighted by molar-refractivity contribution is 0.676. The largest absolute Gasteiger partial charge is 0.307 e. The van der Waals surface area contributed by atoms with Crippen molar-refractivity contribution in [3.63, 3.8) is 0 Å². The van der Waals surface area contributed by atoms with Crippen LogP contribution in [0.4, 0.5) is 0 Å². The summed E-state index contributed by atoms with van der Waals surface area (Å²) < 4.78 is 0. The molecule has 0 radical (unpaired) electrons. The number of benzene rings is 1. The number of rotatable bonds is 4. The van der Waals surface area contributed by atoms with Gasteiger partial charge in [0.15, 0.2) is 0 Å². The van der Waals surface area contributed by atoms with Crippen molar-refractivity contribution in [1.82, 2.24) is 10.3 Å². The fourth-order valence-electron chi connectivity index (χ4n) is 1.73. The molecular formula is C15H15N3. The van der Waals surface area contributed by atoms with Gasteiger partial charge in [-0.25, -0.2) is 0 Å². The first kappa shape index (κ1) is 12.3. The van der Waals surface area contributed by atoms with Gasteiger partial charge in [0.05, 0.1) is 17.3 Å². The highest BCUT2D eigenvalue weighted by Crippen LogP contribution is 2.05. The first-order valence-electron chi connectivity index (χ1n) is 5.90. The number of nitriles is 1. The third kappa shape index (κ3) is 3.16. The minimum atomic E-state index is 0.694. The van der Waals surface area contributed by atoms with Gasteiger partial charge in [0.2, 0.25) is 0 Å². The molecule has 2 aromatic rings. The number of aromatic nitrogens is 1. The van der Waals surface area contributed by atoms with Gasteiger partial charge in [-0.05, 0) is 36.2 Å². The van der Waals surface area contributed by atoms with Crippen LogP contribution in [-0.2, 0) is 13.1 Å². The van der Waals surface area contributed by atoms with Crippen LogP contribution in [0.15, 0.2) is 42.6 Å². The molecule has 0 spiro atoms. The number of aryl methyl sites for hydroxylation is 1. The van der Waals surface area contributed by atoms with Crippen LogP contribution < -0.4 is 5.32 Å². The summed E-state index contributed by atoms with van der Waals surface area (Å²) in [6.45, 7) is 3.60. The Balaban J connectivity index is 1.89. The summed E-state index contributed by atoms with van der Waals surface area (Å²) in [6, 6.07) is 13.7.